The van der Waals surface area contributed by atoms with Gasteiger partial charge in [-0.05, 0) is 38.8 Å². The number of carbonyl (C=O) groups is 1. The summed E-state index contributed by atoms with van der Waals surface area (Å²) in [5.41, 5.74) is 0.808. The molecule has 0 saturated heterocycles. The lowest BCUT2D eigenvalue weighted by atomic mass is 10.1. The lowest BCUT2D eigenvalue weighted by Crippen LogP contribution is -2.08. The Hall–Kier alpha value is -1.97. The van der Waals surface area contributed by atoms with Gasteiger partial charge in [-0.2, -0.15) is 0 Å². The highest BCUT2D eigenvalue weighted by Gasteiger charge is 2.10. The molecule has 0 unspecified atom stereocenters. The van der Waals surface area contributed by atoms with Crippen molar-refractivity contribution in [2.24, 2.45) is 0 Å². The third-order valence-electron chi connectivity index (χ3n) is 2.67. The number of ether oxygens (including phenoxy) is 3. The second-order valence-corrected chi connectivity index (χ2v) is 5.19. The maximum atomic E-state index is 11.6. The first-order chi connectivity index (χ1) is 10.6. The van der Waals surface area contributed by atoms with Crippen LogP contribution in [0.1, 0.15) is 46.1 Å². The molecule has 0 radical (unpaired) electrons. The Kier molecular flexibility index (Phi) is 8.11. The smallest absolute Gasteiger partial charge is 0.331 e. The molecule has 0 aromatic heterocycles. The summed E-state index contributed by atoms with van der Waals surface area (Å²) in [6.07, 6.45) is 4.81. The Balaban J connectivity index is 2.95. The highest BCUT2D eigenvalue weighted by molar-refractivity contribution is 5.88. The van der Waals surface area contributed by atoms with E-state index in [1.54, 1.807) is 6.08 Å². The number of hydrogen-bond acceptors (Lipinski definition) is 4. The summed E-state index contributed by atoms with van der Waals surface area (Å²) < 4.78 is 16.6. The van der Waals surface area contributed by atoms with Crippen molar-refractivity contribution in [3.63, 3.8) is 0 Å². The molecule has 0 saturated carbocycles. The van der Waals surface area contributed by atoms with Gasteiger partial charge in [-0.3, -0.25) is 0 Å². The Morgan fingerprint density at radius 1 is 1.14 bits per heavy atom. The molecule has 122 valence electrons. The lowest BCUT2D eigenvalue weighted by Gasteiger charge is -2.14. The number of carbonyl (C=O) groups excluding carboxylic acids is 1. The van der Waals surface area contributed by atoms with E-state index in [2.05, 4.69) is 6.92 Å². The van der Waals surface area contributed by atoms with E-state index in [4.69, 9.17) is 14.2 Å². The molecule has 0 amide bonds. The van der Waals surface area contributed by atoms with E-state index in [-0.39, 0.29) is 12.1 Å². The molecule has 0 aliphatic rings. The van der Waals surface area contributed by atoms with E-state index in [0.29, 0.717) is 24.7 Å². The molecule has 1 aromatic rings. The van der Waals surface area contributed by atoms with Gasteiger partial charge in [-0.25, -0.2) is 4.79 Å². The molecule has 4 heteroatoms. The van der Waals surface area contributed by atoms with Crippen LogP contribution in [0.15, 0.2) is 24.3 Å². The molecule has 22 heavy (non-hydrogen) atoms. The molecule has 0 fully saturated rings. The van der Waals surface area contributed by atoms with Crippen molar-refractivity contribution in [2.75, 3.05) is 13.2 Å². The molecule has 0 aliphatic heterocycles. The minimum Gasteiger partial charge on any atom is -0.490 e. The van der Waals surface area contributed by atoms with Crippen molar-refractivity contribution in [2.45, 2.75) is 46.6 Å². The normalized spacial score (nSPS) is 11.0. The van der Waals surface area contributed by atoms with Crippen LogP contribution in [0.2, 0.25) is 0 Å². The Labute approximate surface area is 133 Å². The first-order valence-corrected chi connectivity index (χ1v) is 7.85. The standard InChI is InChI=1S/C18H26O4/c1-5-12-20-16-9-7-8-15(18(16)21-13-6-2)10-11-17(19)22-14(3)4/h7-11,14H,5-6,12-13H2,1-4H3. The van der Waals surface area contributed by atoms with Crippen LogP contribution in [0.3, 0.4) is 0 Å². The largest absolute Gasteiger partial charge is 0.490 e. The quantitative estimate of drug-likeness (QED) is 0.506. The fourth-order valence-corrected chi connectivity index (χ4v) is 1.78. The predicted octanol–water partition coefficient (Wildman–Crippen LogP) is 4.23. The van der Waals surface area contributed by atoms with E-state index < -0.39 is 0 Å². The second kappa shape index (κ2) is 9.87. The molecule has 0 N–H and O–H groups in total. The monoisotopic (exact) mass is 306 g/mol. The summed E-state index contributed by atoms with van der Waals surface area (Å²) >= 11 is 0. The molecule has 1 rings (SSSR count). The van der Waals surface area contributed by atoms with Gasteiger partial charge in [0, 0.05) is 11.6 Å². The summed E-state index contributed by atoms with van der Waals surface area (Å²) in [5.74, 6) is 1.01. The van der Waals surface area contributed by atoms with E-state index >= 15 is 0 Å². The van der Waals surface area contributed by atoms with E-state index in [0.717, 1.165) is 18.4 Å². The summed E-state index contributed by atoms with van der Waals surface area (Å²) in [4.78, 5) is 11.6. The van der Waals surface area contributed by atoms with Crippen LogP contribution in [0.5, 0.6) is 11.5 Å². The maximum Gasteiger partial charge on any atom is 0.331 e. The number of esters is 1. The van der Waals surface area contributed by atoms with Crippen LogP contribution >= 0.6 is 0 Å². The van der Waals surface area contributed by atoms with Gasteiger partial charge >= 0.3 is 5.97 Å². The number of para-hydroxylation sites is 1. The summed E-state index contributed by atoms with van der Waals surface area (Å²) in [6, 6.07) is 5.66. The molecule has 0 atom stereocenters. The topological polar surface area (TPSA) is 44.8 Å². The van der Waals surface area contributed by atoms with Gasteiger partial charge in [0.25, 0.3) is 0 Å². The number of benzene rings is 1. The molecule has 0 bridgehead atoms. The third kappa shape index (κ3) is 6.20. The molecular formula is C18H26O4. The first kappa shape index (κ1) is 18.1. The highest BCUT2D eigenvalue weighted by Crippen LogP contribution is 2.32. The molecule has 0 heterocycles. The van der Waals surface area contributed by atoms with E-state index in [9.17, 15) is 4.79 Å². The highest BCUT2D eigenvalue weighted by atomic mass is 16.5. The average molecular weight is 306 g/mol. The van der Waals surface area contributed by atoms with Crippen molar-refractivity contribution in [3.05, 3.63) is 29.8 Å². The maximum absolute atomic E-state index is 11.6. The van der Waals surface area contributed by atoms with Gasteiger partial charge in [-0.15, -0.1) is 0 Å². The Bertz CT molecular complexity index is 492. The Morgan fingerprint density at radius 3 is 2.45 bits per heavy atom. The fraction of sp³-hybridized carbons (Fsp3) is 0.500. The average Bonchev–Trinajstić information content (AvgIpc) is 2.48. The Morgan fingerprint density at radius 2 is 1.82 bits per heavy atom. The van der Waals surface area contributed by atoms with Crippen LogP contribution in [0.4, 0.5) is 0 Å². The number of rotatable bonds is 9. The zero-order chi connectivity index (χ0) is 16.4. The summed E-state index contributed by atoms with van der Waals surface area (Å²) in [5, 5.41) is 0. The third-order valence-corrected chi connectivity index (χ3v) is 2.67. The predicted molar refractivity (Wildman–Crippen MR) is 88.3 cm³/mol. The van der Waals surface area contributed by atoms with Gasteiger partial charge in [0.1, 0.15) is 0 Å². The van der Waals surface area contributed by atoms with Gasteiger partial charge in [0.2, 0.25) is 0 Å². The lowest BCUT2D eigenvalue weighted by molar-refractivity contribution is -0.141. The molecule has 0 spiro atoms. The second-order valence-electron chi connectivity index (χ2n) is 5.19. The zero-order valence-corrected chi connectivity index (χ0v) is 13.9. The summed E-state index contributed by atoms with van der Waals surface area (Å²) in [6.45, 7) is 8.97. The minimum atomic E-state index is -0.365. The zero-order valence-electron chi connectivity index (χ0n) is 13.9. The van der Waals surface area contributed by atoms with Gasteiger partial charge in [-0.1, -0.05) is 26.0 Å². The SMILES string of the molecule is CCCOc1cccc(C=CC(=O)OC(C)C)c1OCCC. The fourth-order valence-electron chi connectivity index (χ4n) is 1.78. The molecule has 1 aromatic carbocycles. The van der Waals surface area contributed by atoms with Gasteiger partial charge < -0.3 is 14.2 Å². The molecule has 0 aliphatic carbocycles. The van der Waals surface area contributed by atoms with Crippen LogP contribution in [-0.2, 0) is 9.53 Å². The van der Waals surface area contributed by atoms with E-state index in [1.165, 1.54) is 6.08 Å². The van der Waals surface area contributed by atoms with Crippen LogP contribution in [0.25, 0.3) is 6.08 Å². The van der Waals surface area contributed by atoms with Crippen molar-refractivity contribution < 1.29 is 19.0 Å². The van der Waals surface area contributed by atoms with E-state index in [1.807, 2.05) is 39.0 Å². The minimum absolute atomic E-state index is 0.132. The van der Waals surface area contributed by atoms with Crippen LogP contribution in [0, 0.1) is 0 Å². The van der Waals surface area contributed by atoms with Crippen molar-refractivity contribution in [1.82, 2.24) is 0 Å². The van der Waals surface area contributed by atoms with Crippen molar-refractivity contribution >= 4 is 12.0 Å². The van der Waals surface area contributed by atoms with Crippen LogP contribution in [-0.4, -0.2) is 25.3 Å². The van der Waals surface area contributed by atoms with Crippen molar-refractivity contribution in [1.29, 1.82) is 0 Å². The number of hydrogen-bond donors (Lipinski definition) is 0. The van der Waals surface area contributed by atoms with Crippen LogP contribution < -0.4 is 9.47 Å². The molecule has 4 nitrogen and oxygen atoms in total. The van der Waals surface area contributed by atoms with Crippen molar-refractivity contribution in [3.8, 4) is 11.5 Å². The van der Waals surface area contributed by atoms with Gasteiger partial charge in [0.15, 0.2) is 11.5 Å². The first-order valence-electron chi connectivity index (χ1n) is 7.85. The molecular weight excluding hydrogens is 280 g/mol. The van der Waals surface area contributed by atoms with Gasteiger partial charge in [0.05, 0.1) is 19.3 Å². The summed E-state index contributed by atoms with van der Waals surface area (Å²) in [7, 11) is 0.